The average molecular weight is 317 g/mol. The lowest BCUT2D eigenvalue weighted by Gasteiger charge is -2.22. The number of carbonyl (C=O) groups excluding carboxylic acids is 2. The highest BCUT2D eigenvalue weighted by Gasteiger charge is 2.22. The number of hydrogen-bond acceptors (Lipinski definition) is 4. The van der Waals surface area contributed by atoms with E-state index in [0.717, 1.165) is 5.56 Å². The van der Waals surface area contributed by atoms with Crippen LogP contribution in [0, 0.1) is 11.3 Å². The van der Waals surface area contributed by atoms with Crippen LogP contribution in [-0.2, 0) is 16.0 Å². The van der Waals surface area contributed by atoms with E-state index in [1.807, 2.05) is 30.3 Å². The molecule has 23 heavy (non-hydrogen) atoms. The number of benzene rings is 1. The fraction of sp³-hybridized carbons (Fsp3) is 0.471. The third-order valence-corrected chi connectivity index (χ3v) is 2.88. The third-order valence-electron chi connectivity index (χ3n) is 2.88. The van der Waals surface area contributed by atoms with Gasteiger partial charge in [0.05, 0.1) is 6.07 Å². The van der Waals surface area contributed by atoms with E-state index in [0.29, 0.717) is 6.42 Å². The molecule has 0 saturated carbocycles. The predicted molar refractivity (Wildman–Crippen MR) is 86.5 cm³/mol. The molecule has 2 N–H and O–H groups in total. The molecule has 0 unspecified atom stereocenters. The maximum atomic E-state index is 12.1. The Morgan fingerprint density at radius 1 is 1.22 bits per heavy atom. The van der Waals surface area contributed by atoms with Crippen molar-refractivity contribution in [3.05, 3.63) is 35.9 Å². The number of hydrogen-bond donors (Lipinski definition) is 2. The number of nitriles is 1. The second-order valence-corrected chi connectivity index (χ2v) is 6.25. The average Bonchev–Trinajstić information content (AvgIpc) is 2.45. The molecule has 6 nitrogen and oxygen atoms in total. The first-order valence-electron chi connectivity index (χ1n) is 7.44. The highest BCUT2D eigenvalue weighted by Crippen LogP contribution is 2.07. The summed E-state index contributed by atoms with van der Waals surface area (Å²) in [5.74, 6) is -0.432. The van der Waals surface area contributed by atoms with Crippen LogP contribution in [0.15, 0.2) is 30.3 Å². The quantitative estimate of drug-likeness (QED) is 0.870. The molecule has 0 saturated heterocycles. The molecule has 0 heterocycles. The fourth-order valence-corrected chi connectivity index (χ4v) is 1.83. The van der Waals surface area contributed by atoms with E-state index in [4.69, 9.17) is 4.74 Å². The zero-order valence-corrected chi connectivity index (χ0v) is 13.9. The van der Waals surface area contributed by atoms with Gasteiger partial charge in [0.1, 0.15) is 17.7 Å². The van der Waals surface area contributed by atoms with Crippen molar-refractivity contribution in [1.82, 2.24) is 10.6 Å². The molecule has 1 aromatic carbocycles. The molecule has 0 fully saturated rings. The van der Waals surface area contributed by atoms with Gasteiger partial charge in [0.25, 0.3) is 0 Å². The first-order valence-corrected chi connectivity index (χ1v) is 7.44. The van der Waals surface area contributed by atoms with Crippen LogP contribution < -0.4 is 10.6 Å². The van der Waals surface area contributed by atoms with Crippen LogP contribution in [0.4, 0.5) is 4.79 Å². The second-order valence-electron chi connectivity index (χ2n) is 6.25. The predicted octanol–water partition coefficient (Wildman–Crippen LogP) is 2.15. The van der Waals surface area contributed by atoms with Gasteiger partial charge in [-0.05, 0) is 33.3 Å². The number of rotatable bonds is 5. The standard InChI is InChI=1S/C17H23N3O3/c1-12(19-16(22)23-17(2,3)4)15(21)20-14(11-18)10-13-8-6-5-7-9-13/h5-9,12,14H,10H2,1-4H3,(H,19,22)(H,20,21)/t12-,14-/m0/s1. The first-order chi connectivity index (χ1) is 10.7. The summed E-state index contributed by atoms with van der Waals surface area (Å²) in [7, 11) is 0. The zero-order chi connectivity index (χ0) is 17.5. The van der Waals surface area contributed by atoms with Crippen LogP contribution in [0.25, 0.3) is 0 Å². The van der Waals surface area contributed by atoms with Crippen molar-refractivity contribution < 1.29 is 14.3 Å². The monoisotopic (exact) mass is 317 g/mol. The highest BCUT2D eigenvalue weighted by molar-refractivity contribution is 5.85. The van der Waals surface area contributed by atoms with Gasteiger partial charge >= 0.3 is 6.09 Å². The summed E-state index contributed by atoms with van der Waals surface area (Å²) in [6.07, 6.45) is -0.265. The topological polar surface area (TPSA) is 91.2 Å². The molecule has 0 aliphatic carbocycles. The molecule has 1 aromatic rings. The summed E-state index contributed by atoms with van der Waals surface area (Å²) in [6.45, 7) is 6.75. The van der Waals surface area contributed by atoms with Gasteiger partial charge in [0.15, 0.2) is 0 Å². The zero-order valence-electron chi connectivity index (χ0n) is 13.9. The van der Waals surface area contributed by atoms with Crippen LogP contribution in [0.3, 0.4) is 0 Å². The largest absolute Gasteiger partial charge is 0.444 e. The number of nitrogens with one attached hydrogen (secondary N) is 2. The Labute approximate surface area is 136 Å². The normalized spacial score (nSPS) is 13.3. The maximum absolute atomic E-state index is 12.1. The summed E-state index contributed by atoms with van der Waals surface area (Å²) < 4.78 is 5.09. The molecular formula is C17H23N3O3. The number of carbonyl (C=O) groups is 2. The summed E-state index contributed by atoms with van der Waals surface area (Å²) in [5, 5.41) is 14.2. The van der Waals surface area contributed by atoms with E-state index in [9.17, 15) is 14.9 Å². The number of amides is 2. The Bertz CT molecular complexity index is 573. The van der Waals surface area contributed by atoms with Crippen molar-refractivity contribution in [2.24, 2.45) is 0 Å². The van der Waals surface area contributed by atoms with Crippen molar-refractivity contribution in [2.75, 3.05) is 0 Å². The van der Waals surface area contributed by atoms with E-state index < -0.39 is 29.7 Å². The minimum absolute atomic E-state index is 0.405. The lowest BCUT2D eigenvalue weighted by Crippen LogP contribution is -2.49. The van der Waals surface area contributed by atoms with Gasteiger partial charge in [0, 0.05) is 6.42 Å². The minimum atomic E-state index is -0.795. The van der Waals surface area contributed by atoms with Crippen LogP contribution in [-0.4, -0.2) is 29.7 Å². The number of ether oxygens (including phenoxy) is 1. The van der Waals surface area contributed by atoms with Gasteiger partial charge in [-0.3, -0.25) is 4.79 Å². The van der Waals surface area contributed by atoms with E-state index in [2.05, 4.69) is 16.7 Å². The SMILES string of the molecule is C[C@H](NC(=O)OC(C)(C)C)C(=O)N[C@H](C#N)Cc1ccccc1. The van der Waals surface area contributed by atoms with E-state index in [1.54, 1.807) is 20.8 Å². The molecule has 0 aliphatic rings. The Hall–Kier alpha value is -2.55. The lowest BCUT2D eigenvalue weighted by atomic mass is 10.1. The molecular weight excluding hydrogens is 294 g/mol. The Morgan fingerprint density at radius 3 is 2.35 bits per heavy atom. The summed E-state index contributed by atoms with van der Waals surface area (Å²) in [5.41, 5.74) is 0.315. The lowest BCUT2D eigenvalue weighted by molar-refractivity contribution is -0.123. The van der Waals surface area contributed by atoms with Crippen molar-refractivity contribution in [3.63, 3.8) is 0 Å². The van der Waals surface area contributed by atoms with E-state index in [1.165, 1.54) is 6.92 Å². The van der Waals surface area contributed by atoms with Crippen LogP contribution >= 0.6 is 0 Å². The third kappa shape index (κ3) is 7.32. The van der Waals surface area contributed by atoms with E-state index in [-0.39, 0.29) is 0 Å². The second kappa shape index (κ2) is 8.18. The first kappa shape index (κ1) is 18.5. The van der Waals surface area contributed by atoms with Crippen LogP contribution in [0.5, 0.6) is 0 Å². The maximum Gasteiger partial charge on any atom is 0.408 e. The van der Waals surface area contributed by atoms with Gasteiger partial charge < -0.3 is 15.4 Å². The number of nitrogens with zero attached hydrogens (tertiary/aromatic N) is 1. The van der Waals surface area contributed by atoms with Crippen molar-refractivity contribution in [1.29, 1.82) is 5.26 Å². The molecule has 0 bridgehead atoms. The van der Waals surface area contributed by atoms with Gasteiger partial charge in [-0.15, -0.1) is 0 Å². The molecule has 0 radical (unpaired) electrons. The molecule has 0 spiro atoms. The van der Waals surface area contributed by atoms with Gasteiger partial charge in [0.2, 0.25) is 5.91 Å². The van der Waals surface area contributed by atoms with Crippen molar-refractivity contribution >= 4 is 12.0 Å². The molecule has 2 amide bonds. The minimum Gasteiger partial charge on any atom is -0.444 e. The Morgan fingerprint density at radius 2 is 1.83 bits per heavy atom. The Balaban J connectivity index is 2.52. The molecule has 0 aromatic heterocycles. The van der Waals surface area contributed by atoms with Crippen LogP contribution in [0.1, 0.15) is 33.3 Å². The number of alkyl carbamates (subject to hydrolysis) is 1. The smallest absolute Gasteiger partial charge is 0.408 e. The van der Waals surface area contributed by atoms with E-state index >= 15 is 0 Å². The van der Waals surface area contributed by atoms with Gasteiger partial charge in [-0.1, -0.05) is 30.3 Å². The molecule has 0 aliphatic heterocycles. The molecule has 124 valence electrons. The Kier molecular flexibility index (Phi) is 6.58. The highest BCUT2D eigenvalue weighted by atomic mass is 16.6. The molecule has 6 heteroatoms. The van der Waals surface area contributed by atoms with Crippen molar-refractivity contribution in [2.45, 2.75) is 51.8 Å². The summed E-state index contributed by atoms with van der Waals surface area (Å²) in [4.78, 5) is 23.7. The summed E-state index contributed by atoms with van der Waals surface area (Å²) in [6, 6.07) is 10.0. The van der Waals surface area contributed by atoms with Gasteiger partial charge in [-0.25, -0.2) is 4.79 Å². The molecule has 1 rings (SSSR count). The van der Waals surface area contributed by atoms with Gasteiger partial charge in [-0.2, -0.15) is 5.26 Å². The summed E-state index contributed by atoms with van der Waals surface area (Å²) >= 11 is 0. The molecule has 2 atom stereocenters. The fourth-order valence-electron chi connectivity index (χ4n) is 1.83. The van der Waals surface area contributed by atoms with Crippen LogP contribution in [0.2, 0.25) is 0 Å². The van der Waals surface area contributed by atoms with Crippen molar-refractivity contribution in [3.8, 4) is 6.07 Å².